The summed E-state index contributed by atoms with van der Waals surface area (Å²) in [7, 11) is 0. The molecule has 1 fully saturated rings. The lowest BCUT2D eigenvalue weighted by atomic mass is 9.55. The molecule has 6 unspecified atom stereocenters. The predicted octanol–water partition coefficient (Wildman–Crippen LogP) is 10.7. The molecule has 2 heterocycles. The van der Waals surface area contributed by atoms with Crippen LogP contribution >= 0.6 is 0 Å². The Morgan fingerprint density at radius 3 is 2.29 bits per heavy atom. The number of aliphatic hydroxyl groups excluding tert-OH is 2. The molecule has 5 aromatic rings. The second-order valence-electron chi connectivity index (χ2n) is 18.8. The van der Waals surface area contributed by atoms with Crippen molar-refractivity contribution in [1.29, 1.82) is 0 Å². The number of amides is 1. The van der Waals surface area contributed by atoms with Gasteiger partial charge >= 0.3 is 6.09 Å². The number of allylic oxidation sites excluding steroid dienone is 1. The Hall–Kier alpha value is -6.97. The van der Waals surface area contributed by atoms with Gasteiger partial charge in [0, 0.05) is 43.2 Å². The number of aliphatic hydroxyl groups is 2. The fraction of sp³-hybridized carbons (Fsp3) is 0.373. The van der Waals surface area contributed by atoms with E-state index in [1.165, 1.54) is 0 Å². The molecule has 5 aromatic carbocycles. The summed E-state index contributed by atoms with van der Waals surface area (Å²) in [5.74, 6) is 0.238. The summed E-state index contributed by atoms with van der Waals surface area (Å²) in [5, 5.41) is 25.2. The van der Waals surface area contributed by atoms with Crippen LogP contribution in [-0.4, -0.2) is 84.9 Å². The number of nitrogens with zero attached hydrogens (tertiary/aromatic N) is 2. The average molecular weight is 993 g/mol. The van der Waals surface area contributed by atoms with Crippen molar-refractivity contribution in [2.75, 3.05) is 39.8 Å². The molecule has 1 amide bonds. The van der Waals surface area contributed by atoms with Crippen LogP contribution < -0.4 is 18.9 Å². The molecule has 9 rings (SSSR count). The molecule has 2 N–H and O–H groups in total. The van der Waals surface area contributed by atoms with Crippen LogP contribution in [0.4, 0.5) is 4.79 Å². The third-order valence-electron chi connectivity index (χ3n) is 14.1. The van der Waals surface area contributed by atoms with Crippen molar-refractivity contribution < 1.29 is 57.8 Å². The molecule has 2 aliphatic carbocycles. The van der Waals surface area contributed by atoms with Crippen LogP contribution in [0.15, 0.2) is 151 Å². The van der Waals surface area contributed by atoms with E-state index in [4.69, 9.17) is 43.2 Å². The Labute approximate surface area is 426 Å². The van der Waals surface area contributed by atoms with E-state index in [9.17, 15) is 15.0 Å². The van der Waals surface area contributed by atoms with Crippen LogP contribution in [0, 0.1) is 17.8 Å². The van der Waals surface area contributed by atoms with Crippen LogP contribution in [0.2, 0.25) is 0 Å². The fourth-order valence-electron chi connectivity index (χ4n) is 10.8. The largest absolute Gasteiger partial charge is 0.459 e. The second-order valence-corrected chi connectivity index (χ2v) is 18.8. The summed E-state index contributed by atoms with van der Waals surface area (Å²) in [4.78, 5) is 35.0. The van der Waals surface area contributed by atoms with E-state index < -0.39 is 23.8 Å². The Kier molecular flexibility index (Phi) is 17.2. The first-order valence-electron chi connectivity index (χ1n) is 25.3. The van der Waals surface area contributed by atoms with E-state index in [2.05, 4.69) is 12.7 Å². The van der Waals surface area contributed by atoms with Crippen LogP contribution in [0.1, 0.15) is 83.5 Å². The molecule has 2 aliphatic heterocycles. The Balaban J connectivity index is 1.19. The number of rotatable bonds is 25. The Bertz CT molecular complexity index is 2710. The molecule has 0 radical (unpaired) electrons. The fourth-order valence-corrected chi connectivity index (χ4v) is 10.8. The highest BCUT2D eigenvalue weighted by molar-refractivity contribution is 6.03. The maximum absolute atomic E-state index is 15.2. The minimum absolute atomic E-state index is 0.000134. The second kappa shape index (κ2) is 24.6. The number of hydrogen-bond donors (Lipinski definition) is 2. The highest BCUT2D eigenvalue weighted by Crippen LogP contribution is 2.62. The van der Waals surface area contributed by atoms with Crippen molar-refractivity contribution in [1.82, 2.24) is 4.90 Å². The maximum Gasteiger partial charge on any atom is 0.410 e. The van der Waals surface area contributed by atoms with Crippen LogP contribution in [-0.2, 0) is 38.8 Å². The summed E-state index contributed by atoms with van der Waals surface area (Å²) in [5.41, 5.74) is 5.57. The minimum Gasteiger partial charge on any atom is -0.459 e. The molecule has 0 saturated heterocycles. The Morgan fingerprint density at radius 2 is 1.52 bits per heavy atom. The minimum atomic E-state index is -1.57. The number of ether oxygens (including phenoxy) is 7. The van der Waals surface area contributed by atoms with Crippen molar-refractivity contribution in [2.24, 2.45) is 22.9 Å². The summed E-state index contributed by atoms with van der Waals surface area (Å²) in [6.07, 6.45) is 8.59. The molecule has 14 heteroatoms. The van der Waals surface area contributed by atoms with Gasteiger partial charge in [-0.2, -0.15) is 0 Å². The van der Waals surface area contributed by atoms with Gasteiger partial charge < -0.3 is 48.2 Å². The van der Waals surface area contributed by atoms with Crippen LogP contribution in [0.3, 0.4) is 0 Å². The predicted molar refractivity (Wildman–Crippen MR) is 274 cm³/mol. The quantitative estimate of drug-likeness (QED) is 0.0247. The summed E-state index contributed by atoms with van der Waals surface area (Å²) in [6, 6.07) is 37.1. The van der Waals surface area contributed by atoms with Crippen molar-refractivity contribution in [3.63, 3.8) is 0 Å². The zero-order valence-corrected chi connectivity index (χ0v) is 41.1. The molecule has 0 bridgehead atoms. The van der Waals surface area contributed by atoms with Gasteiger partial charge in [-0.1, -0.05) is 109 Å². The van der Waals surface area contributed by atoms with Gasteiger partial charge in [-0.25, -0.2) is 4.79 Å². The van der Waals surface area contributed by atoms with E-state index in [1.807, 2.05) is 97.1 Å². The first kappa shape index (κ1) is 51.0. The van der Waals surface area contributed by atoms with E-state index in [0.717, 1.165) is 59.8 Å². The van der Waals surface area contributed by atoms with Gasteiger partial charge in [-0.15, -0.1) is 6.58 Å². The lowest BCUT2D eigenvalue weighted by Gasteiger charge is -2.59. The van der Waals surface area contributed by atoms with Gasteiger partial charge in [-0.05, 0) is 102 Å². The van der Waals surface area contributed by atoms with E-state index >= 15 is 4.79 Å². The lowest BCUT2D eigenvalue weighted by Crippen LogP contribution is -2.70. The molecule has 14 nitrogen and oxygen atoms in total. The van der Waals surface area contributed by atoms with Crippen molar-refractivity contribution in [3.8, 4) is 28.7 Å². The highest BCUT2D eigenvalue weighted by Gasteiger charge is 2.66. The number of carbonyl (C=O) groups is 2. The monoisotopic (exact) mass is 992 g/mol. The van der Waals surface area contributed by atoms with Gasteiger partial charge in [0.05, 0.1) is 31.5 Å². The Morgan fingerprint density at radius 1 is 0.781 bits per heavy atom. The molecule has 0 aromatic heterocycles. The summed E-state index contributed by atoms with van der Waals surface area (Å²) >= 11 is 0. The average Bonchev–Trinajstić information content (AvgIpc) is 3.90. The first-order valence-corrected chi connectivity index (χ1v) is 25.3. The van der Waals surface area contributed by atoms with Crippen LogP contribution in [0.5, 0.6) is 28.7 Å². The third-order valence-corrected chi connectivity index (χ3v) is 14.1. The molecular formula is C59H64N2O12. The molecule has 382 valence electrons. The van der Waals surface area contributed by atoms with Crippen molar-refractivity contribution in [3.05, 3.63) is 173 Å². The number of benzene rings is 5. The van der Waals surface area contributed by atoms with Crippen LogP contribution in [0.25, 0.3) is 0 Å². The van der Waals surface area contributed by atoms with Crippen molar-refractivity contribution >= 4 is 18.1 Å². The lowest BCUT2D eigenvalue weighted by molar-refractivity contribution is -0.256. The number of hydrogen-bond acceptors (Lipinski definition) is 13. The topological polar surface area (TPSA) is 164 Å². The smallest absolute Gasteiger partial charge is 0.410 e. The first-order chi connectivity index (χ1) is 35.9. The molecule has 1 saturated carbocycles. The van der Waals surface area contributed by atoms with E-state index in [0.29, 0.717) is 59.5 Å². The van der Waals surface area contributed by atoms with Gasteiger partial charge in [0.15, 0.2) is 11.5 Å². The van der Waals surface area contributed by atoms with E-state index in [1.54, 1.807) is 35.2 Å². The van der Waals surface area contributed by atoms with E-state index in [-0.39, 0.29) is 77.2 Å². The highest BCUT2D eigenvalue weighted by atomic mass is 16.7. The summed E-state index contributed by atoms with van der Waals surface area (Å²) in [6.45, 7) is 5.10. The van der Waals surface area contributed by atoms with Crippen molar-refractivity contribution in [2.45, 2.75) is 82.5 Å². The SMILES string of the molecule is C=CCOC12Oc3ccc(Oc4cccc(C=O)c4)cc3C3C(CCCCO)C(CCCCO)C=C(C(=NOCc4ccccc4)CC1N(Cc1ccc4c(c1)OCO4)C(=O)OCCOCc1ccccc1)C32. The number of unbranched alkanes of at least 4 members (excludes halogenated alkanes) is 2. The zero-order valence-electron chi connectivity index (χ0n) is 41.1. The van der Waals surface area contributed by atoms with Gasteiger partial charge in [-0.3, -0.25) is 9.69 Å². The molecule has 4 aliphatic rings. The number of oxime groups is 1. The van der Waals surface area contributed by atoms with Gasteiger partial charge in [0.1, 0.15) is 42.8 Å². The molecule has 0 spiro atoms. The number of fused-ring (bicyclic) bond motifs is 3. The van der Waals surface area contributed by atoms with Gasteiger partial charge in [0.2, 0.25) is 12.6 Å². The third kappa shape index (κ3) is 12.0. The number of carbonyl (C=O) groups excluding carboxylic acids is 2. The maximum atomic E-state index is 15.2. The normalized spacial score (nSPS) is 21.8. The summed E-state index contributed by atoms with van der Waals surface area (Å²) < 4.78 is 44.9. The molecule has 6 atom stereocenters. The zero-order chi connectivity index (χ0) is 50.4. The molecule has 73 heavy (non-hydrogen) atoms. The standard InChI is InChI=1S/C59H64N2O12/c1-2-28-70-59-55(61(36-43-22-24-53-54(32-43)69-40-68-53)58(65)67-30-29-66-38-41-14-5-3-6-15-41)35-51(60-71-39-42-16-7-4-8-17-42)49-33-45(19-9-11-26-62)48(21-10-12-27-63)56(57(49)59)50-34-47(23-25-52(50)73-59)72-46-20-13-18-44(31-46)37-64/h2-8,13-18,20,22-25,31-34,37,45,48,55-57,62-63H,1,9-12,19,21,26-30,35-36,38-40H2. The molecular weight excluding hydrogens is 929 g/mol. The number of aldehydes is 1. The van der Waals surface area contributed by atoms with Gasteiger partial charge in [0.25, 0.3) is 0 Å².